The quantitative estimate of drug-likeness (QED) is 0.746. The molecule has 1 N–H and O–H groups in total. The summed E-state index contributed by atoms with van der Waals surface area (Å²) in [4.78, 5) is 26.8. The van der Waals surface area contributed by atoms with E-state index in [0.717, 1.165) is 6.42 Å². The van der Waals surface area contributed by atoms with Crippen LogP contribution >= 0.6 is 0 Å². The van der Waals surface area contributed by atoms with Gasteiger partial charge in [-0.15, -0.1) is 0 Å². The van der Waals surface area contributed by atoms with Gasteiger partial charge in [0, 0.05) is 19.6 Å². The lowest BCUT2D eigenvalue weighted by atomic mass is 9.83. The smallest absolute Gasteiger partial charge is 0.334 e. The van der Waals surface area contributed by atoms with E-state index >= 15 is 0 Å². The molecule has 0 bridgehead atoms. The van der Waals surface area contributed by atoms with Crippen LogP contribution in [0.2, 0.25) is 0 Å². The number of rotatable bonds is 1. The summed E-state index contributed by atoms with van der Waals surface area (Å²) < 4.78 is 5.14. The van der Waals surface area contributed by atoms with Crippen LogP contribution in [0.4, 0.5) is 4.79 Å². The van der Waals surface area contributed by atoms with E-state index in [9.17, 15) is 9.59 Å². The van der Waals surface area contributed by atoms with Crippen LogP contribution in [0.25, 0.3) is 0 Å². The van der Waals surface area contributed by atoms with Gasteiger partial charge in [-0.1, -0.05) is 32.4 Å². The Bertz CT molecular complexity index is 453. The third-order valence-electron chi connectivity index (χ3n) is 4.06. The Morgan fingerprint density at radius 1 is 1.29 bits per heavy atom. The van der Waals surface area contributed by atoms with Gasteiger partial charge in [0.05, 0.1) is 13.2 Å². The van der Waals surface area contributed by atoms with Crippen LogP contribution in [0.1, 0.15) is 27.2 Å². The van der Waals surface area contributed by atoms with Crippen molar-refractivity contribution in [3.8, 4) is 0 Å². The number of morpholine rings is 1. The Morgan fingerprint density at radius 2 is 2.00 bits per heavy atom. The first kappa shape index (κ1) is 15.8. The van der Waals surface area contributed by atoms with Crippen molar-refractivity contribution in [3.05, 3.63) is 11.6 Å². The largest absolute Gasteiger partial charge is 0.479 e. The fourth-order valence-corrected chi connectivity index (χ4v) is 2.70. The van der Waals surface area contributed by atoms with E-state index in [-0.39, 0.29) is 24.6 Å². The Morgan fingerprint density at radius 3 is 2.52 bits per heavy atom. The molecule has 0 aromatic heterocycles. The highest BCUT2D eigenvalue weighted by Gasteiger charge is 2.32. The Hall–Kier alpha value is -1.56. The number of carboxylic acids is 1. The van der Waals surface area contributed by atoms with Crippen LogP contribution in [0.3, 0.4) is 0 Å². The Labute approximate surface area is 125 Å². The van der Waals surface area contributed by atoms with Crippen molar-refractivity contribution in [2.24, 2.45) is 5.41 Å². The zero-order chi connectivity index (χ0) is 15.6. The van der Waals surface area contributed by atoms with Crippen molar-refractivity contribution in [3.63, 3.8) is 0 Å². The molecule has 6 nitrogen and oxygen atoms in total. The lowest BCUT2D eigenvalue weighted by molar-refractivity contribution is -0.154. The first-order valence-electron chi connectivity index (χ1n) is 7.37. The summed E-state index contributed by atoms with van der Waals surface area (Å²) in [5.74, 6) is -1.01. The molecule has 1 atom stereocenters. The molecule has 0 aromatic carbocycles. The molecular formula is C15H24N2O4. The number of hydrogen-bond acceptors (Lipinski definition) is 3. The van der Waals surface area contributed by atoms with Crippen molar-refractivity contribution in [1.29, 1.82) is 0 Å². The maximum atomic E-state index is 12.5. The maximum absolute atomic E-state index is 12.5. The van der Waals surface area contributed by atoms with E-state index in [0.29, 0.717) is 19.6 Å². The first-order valence-corrected chi connectivity index (χ1v) is 7.37. The Kier molecular flexibility index (Phi) is 4.56. The fraction of sp³-hybridized carbons (Fsp3) is 0.733. The molecule has 0 saturated carbocycles. The van der Waals surface area contributed by atoms with Crippen molar-refractivity contribution in [1.82, 2.24) is 9.80 Å². The SMILES string of the molecule is CC(C)(C)C1=CCN(C(=O)N2CCOC(C(=O)O)C2)CC1. The topological polar surface area (TPSA) is 70.1 Å². The van der Waals surface area contributed by atoms with E-state index < -0.39 is 12.1 Å². The first-order chi connectivity index (χ1) is 9.79. The third kappa shape index (κ3) is 3.75. The fourth-order valence-electron chi connectivity index (χ4n) is 2.70. The summed E-state index contributed by atoms with van der Waals surface area (Å²) in [6, 6.07) is -0.0891. The monoisotopic (exact) mass is 296 g/mol. The average Bonchev–Trinajstić information content (AvgIpc) is 2.46. The minimum absolute atomic E-state index is 0.0891. The lowest BCUT2D eigenvalue weighted by Gasteiger charge is -2.37. The highest BCUT2D eigenvalue weighted by atomic mass is 16.5. The number of urea groups is 1. The molecule has 0 aromatic rings. The van der Waals surface area contributed by atoms with Gasteiger partial charge >= 0.3 is 12.0 Å². The molecular weight excluding hydrogens is 272 g/mol. The molecule has 2 amide bonds. The predicted molar refractivity (Wildman–Crippen MR) is 78.1 cm³/mol. The molecule has 6 heteroatoms. The van der Waals surface area contributed by atoms with Gasteiger partial charge in [0.25, 0.3) is 0 Å². The number of carboxylic acid groups (broad SMARTS) is 1. The zero-order valence-electron chi connectivity index (χ0n) is 13.0. The van der Waals surface area contributed by atoms with Gasteiger partial charge < -0.3 is 19.6 Å². The van der Waals surface area contributed by atoms with Gasteiger partial charge in [0.15, 0.2) is 6.10 Å². The van der Waals surface area contributed by atoms with Gasteiger partial charge in [-0.05, 0) is 11.8 Å². The number of ether oxygens (including phenoxy) is 1. The van der Waals surface area contributed by atoms with E-state index in [1.807, 2.05) is 0 Å². The molecule has 0 radical (unpaired) electrons. The van der Waals surface area contributed by atoms with E-state index in [4.69, 9.17) is 9.84 Å². The second-order valence-corrected chi connectivity index (χ2v) is 6.60. The number of carbonyl (C=O) groups excluding carboxylic acids is 1. The normalized spacial score (nSPS) is 23.8. The Balaban J connectivity index is 1.96. The molecule has 1 fully saturated rings. The summed E-state index contributed by atoms with van der Waals surface area (Å²) in [6.45, 7) is 8.67. The van der Waals surface area contributed by atoms with Gasteiger partial charge in [0.1, 0.15) is 0 Å². The predicted octanol–water partition coefficient (Wildman–Crippen LogP) is 1.57. The molecule has 118 valence electrons. The van der Waals surface area contributed by atoms with Gasteiger partial charge in [-0.2, -0.15) is 0 Å². The van der Waals surface area contributed by atoms with Crippen molar-refractivity contribution < 1.29 is 19.4 Å². The molecule has 0 spiro atoms. The van der Waals surface area contributed by atoms with E-state index in [1.165, 1.54) is 5.57 Å². The number of carbonyl (C=O) groups is 2. The molecule has 2 heterocycles. The standard InChI is InChI=1S/C15H24N2O4/c1-15(2,3)11-4-6-16(7-5-11)14(20)17-8-9-21-12(10-17)13(18)19/h4,12H,5-10H2,1-3H3,(H,18,19). The summed E-state index contributed by atoms with van der Waals surface area (Å²) in [5, 5.41) is 8.99. The van der Waals surface area contributed by atoms with Crippen LogP contribution in [0, 0.1) is 5.41 Å². The van der Waals surface area contributed by atoms with Crippen LogP contribution in [0.15, 0.2) is 11.6 Å². The summed E-state index contributed by atoms with van der Waals surface area (Å²) in [7, 11) is 0. The van der Waals surface area contributed by atoms with Gasteiger partial charge in [0.2, 0.25) is 0 Å². The van der Waals surface area contributed by atoms with Crippen molar-refractivity contribution in [2.45, 2.75) is 33.3 Å². The van der Waals surface area contributed by atoms with Gasteiger partial charge in [-0.25, -0.2) is 9.59 Å². The van der Waals surface area contributed by atoms with Crippen LogP contribution in [-0.2, 0) is 9.53 Å². The number of nitrogens with zero attached hydrogens (tertiary/aromatic N) is 2. The minimum Gasteiger partial charge on any atom is -0.479 e. The molecule has 21 heavy (non-hydrogen) atoms. The highest BCUT2D eigenvalue weighted by molar-refractivity contribution is 5.77. The van der Waals surface area contributed by atoms with Crippen LogP contribution in [0.5, 0.6) is 0 Å². The minimum atomic E-state index is -1.01. The number of aliphatic carboxylic acids is 1. The highest BCUT2D eigenvalue weighted by Crippen LogP contribution is 2.30. The van der Waals surface area contributed by atoms with Crippen molar-refractivity contribution >= 4 is 12.0 Å². The second-order valence-electron chi connectivity index (χ2n) is 6.60. The molecule has 2 aliphatic rings. The molecule has 2 rings (SSSR count). The average molecular weight is 296 g/mol. The molecule has 2 aliphatic heterocycles. The maximum Gasteiger partial charge on any atom is 0.334 e. The third-order valence-corrected chi connectivity index (χ3v) is 4.06. The van der Waals surface area contributed by atoms with Gasteiger partial charge in [-0.3, -0.25) is 0 Å². The molecule has 1 unspecified atom stereocenters. The van der Waals surface area contributed by atoms with Crippen LogP contribution in [-0.4, -0.2) is 65.8 Å². The molecule has 0 aliphatic carbocycles. The summed E-state index contributed by atoms with van der Waals surface area (Å²) in [6.07, 6.45) is 2.09. The zero-order valence-corrected chi connectivity index (χ0v) is 13.0. The molecule has 1 saturated heterocycles. The van der Waals surface area contributed by atoms with Crippen molar-refractivity contribution in [2.75, 3.05) is 32.8 Å². The van der Waals surface area contributed by atoms with Crippen LogP contribution < -0.4 is 0 Å². The summed E-state index contributed by atoms with van der Waals surface area (Å²) in [5.41, 5.74) is 1.51. The second kappa shape index (κ2) is 6.05. The van der Waals surface area contributed by atoms with E-state index in [1.54, 1.807) is 9.80 Å². The van der Waals surface area contributed by atoms with E-state index in [2.05, 4.69) is 26.8 Å². The lowest BCUT2D eigenvalue weighted by Crippen LogP contribution is -2.53. The summed E-state index contributed by atoms with van der Waals surface area (Å²) >= 11 is 0. The number of hydrogen-bond donors (Lipinski definition) is 1. The number of amides is 2.